The number of halogens is 1. The highest BCUT2D eigenvalue weighted by Gasteiger charge is 2.28. The minimum absolute atomic E-state index is 0.152. The Morgan fingerprint density at radius 2 is 1.63 bits per heavy atom. The van der Waals surface area contributed by atoms with Crippen molar-refractivity contribution in [2.24, 2.45) is 0 Å². The molecule has 1 amide bonds. The number of thioether (sulfide) groups is 1. The minimum atomic E-state index is -0.413. The molecule has 3 aromatic rings. The molecule has 0 spiro atoms. The van der Waals surface area contributed by atoms with Crippen molar-refractivity contribution in [1.29, 1.82) is 0 Å². The Morgan fingerprint density at radius 3 is 2.27 bits per heavy atom. The van der Waals surface area contributed by atoms with Gasteiger partial charge in [-0.3, -0.25) is 14.5 Å². The van der Waals surface area contributed by atoms with E-state index in [-0.39, 0.29) is 18.3 Å². The molecule has 0 fully saturated rings. The van der Waals surface area contributed by atoms with Gasteiger partial charge in [-0.2, -0.15) is 0 Å². The van der Waals surface area contributed by atoms with Gasteiger partial charge in [0.15, 0.2) is 6.61 Å². The van der Waals surface area contributed by atoms with Crippen LogP contribution < -0.4 is 4.90 Å². The van der Waals surface area contributed by atoms with E-state index in [0.717, 1.165) is 36.1 Å². The molecule has 0 bridgehead atoms. The van der Waals surface area contributed by atoms with E-state index in [1.54, 1.807) is 16.7 Å². The maximum atomic E-state index is 13.0. The number of carbonyl (C=O) groups is 2. The van der Waals surface area contributed by atoms with Gasteiger partial charge in [0.1, 0.15) is 0 Å². The number of para-hydroxylation sites is 2. The van der Waals surface area contributed by atoms with Crippen LogP contribution in [0.25, 0.3) is 0 Å². The highest BCUT2D eigenvalue weighted by Crippen LogP contribution is 2.47. The van der Waals surface area contributed by atoms with Crippen LogP contribution in [0, 0.1) is 6.92 Å². The molecule has 4 nitrogen and oxygen atoms in total. The van der Waals surface area contributed by atoms with Crippen LogP contribution >= 0.6 is 39.5 Å². The maximum Gasteiger partial charge on any atom is 0.316 e. The summed E-state index contributed by atoms with van der Waals surface area (Å²) in [5, 5.41) is 0. The molecule has 152 valence electrons. The summed E-state index contributed by atoms with van der Waals surface area (Å²) in [5.74, 6) is -0.532. The predicted molar refractivity (Wildman–Crippen MR) is 125 cm³/mol. The van der Waals surface area contributed by atoms with Crippen LogP contribution in [0.15, 0.2) is 85.9 Å². The number of aryl methyl sites for hydroxylation is 1. The molecule has 0 saturated carbocycles. The first-order valence-electron chi connectivity index (χ1n) is 9.26. The Bertz CT molecular complexity index is 1070. The fraction of sp³-hybridized carbons (Fsp3) is 0.130. The summed E-state index contributed by atoms with van der Waals surface area (Å²) in [7, 11) is 0. The lowest BCUT2D eigenvalue weighted by Crippen LogP contribution is -2.32. The van der Waals surface area contributed by atoms with Crippen LogP contribution in [-0.4, -0.2) is 24.2 Å². The smallest absolute Gasteiger partial charge is 0.316 e. The van der Waals surface area contributed by atoms with Crippen molar-refractivity contribution in [3.63, 3.8) is 0 Å². The van der Waals surface area contributed by atoms with Crippen LogP contribution in [0.3, 0.4) is 0 Å². The van der Waals surface area contributed by atoms with E-state index >= 15 is 0 Å². The molecule has 1 aliphatic heterocycles. The number of carbonyl (C=O) groups excluding carboxylic acids is 2. The summed E-state index contributed by atoms with van der Waals surface area (Å²) in [5.41, 5.74) is 2.70. The average Bonchev–Trinajstić information content (AvgIpc) is 2.75. The fourth-order valence-corrected chi connectivity index (χ4v) is 5.47. The number of ether oxygens (including phenoxy) is 1. The van der Waals surface area contributed by atoms with Crippen molar-refractivity contribution in [2.45, 2.75) is 21.6 Å². The molecule has 0 unspecified atom stereocenters. The summed E-state index contributed by atoms with van der Waals surface area (Å²) in [4.78, 5) is 29.9. The van der Waals surface area contributed by atoms with Crippen molar-refractivity contribution in [2.75, 3.05) is 17.3 Å². The van der Waals surface area contributed by atoms with Gasteiger partial charge < -0.3 is 4.74 Å². The summed E-state index contributed by atoms with van der Waals surface area (Å²) in [6.07, 6.45) is 0. The highest BCUT2D eigenvalue weighted by atomic mass is 79.9. The zero-order chi connectivity index (χ0) is 21.1. The van der Waals surface area contributed by atoms with Gasteiger partial charge in [0.2, 0.25) is 0 Å². The Morgan fingerprint density at radius 1 is 1.00 bits per heavy atom. The number of anilines is 2. The van der Waals surface area contributed by atoms with Gasteiger partial charge >= 0.3 is 5.97 Å². The lowest BCUT2D eigenvalue weighted by atomic mass is 10.2. The number of benzene rings is 3. The number of esters is 1. The van der Waals surface area contributed by atoms with Crippen LogP contribution in [-0.2, 0) is 14.3 Å². The van der Waals surface area contributed by atoms with Gasteiger partial charge in [0, 0.05) is 19.2 Å². The SMILES string of the molecule is Cc1cc(Br)ccc1SCC(=O)OCC(=O)N1c2ccccc2Sc2ccccc21. The van der Waals surface area contributed by atoms with E-state index in [4.69, 9.17) is 4.74 Å². The van der Waals surface area contributed by atoms with E-state index in [0.29, 0.717) is 0 Å². The second-order valence-electron chi connectivity index (χ2n) is 6.63. The molecule has 1 aliphatic rings. The molecule has 0 radical (unpaired) electrons. The third-order valence-corrected chi connectivity index (χ3v) is 7.29. The molecule has 3 aromatic carbocycles. The molecule has 0 atom stereocenters. The first-order chi connectivity index (χ1) is 14.5. The third kappa shape index (κ3) is 4.58. The molecular weight excluding hydrogens is 482 g/mol. The number of nitrogens with zero attached hydrogens (tertiary/aromatic N) is 1. The predicted octanol–water partition coefficient (Wildman–Crippen LogP) is 6.22. The molecule has 30 heavy (non-hydrogen) atoms. The second-order valence-corrected chi connectivity index (χ2v) is 9.64. The topological polar surface area (TPSA) is 46.6 Å². The van der Waals surface area contributed by atoms with Crippen molar-refractivity contribution in [3.8, 4) is 0 Å². The largest absolute Gasteiger partial charge is 0.455 e. The van der Waals surface area contributed by atoms with Gasteiger partial charge in [0.25, 0.3) is 5.91 Å². The molecule has 0 saturated heterocycles. The van der Waals surface area contributed by atoms with Crippen LogP contribution in [0.5, 0.6) is 0 Å². The second kappa shape index (κ2) is 9.29. The van der Waals surface area contributed by atoms with Gasteiger partial charge in [0.05, 0.1) is 17.1 Å². The normalized spacial score (nSPS) is 12.1. The van der Waals surface area contributed by atoms with E-state index in [1.807, 2.05) is 73.7 Å². The summed E-state index contributed by atoms with van der Waals surface area (Å²) < 4.78 is 6.30. The zero-order valence-electron chi connectivity index (χ0n) is 16.1. The van der Waals surface area contributed by atoms with Crippen molar-refractivity contribution in [1.82, 2.24) is 0 Å². The molecular formula is C23H18BrNO3S2. The monoisotopic (exact) mass is 499 g/mol. The van der Waals surface area contributed by atoms with Crippen molar-refractivity contribution >= 4 is 62.7 Å². The number of amides is 1. The first-order valence-corrected chi connectivity index (χ1v) is 11.9. The van der Waals surface area contributed by atoms with Crippen molar-refractivity contribution < 1.29 is 14.3 Å². The van der Waals surface area contributed by atoms with Crippen LogP contribution in [0.4, 0.5) is 11.4 Å². The molecule has 0 aromatic heterocycles. The summed E-state index contributed by atoms with van der Waals surface area (Å²) >= 11 is 6.47. The fourth-order valence-electron chi connectivity index (χ4n) is 3.13. The standard InChI is InChI=1S/C23H18BrNO3S2/c1-15-12-16(24)10-11-19(15)29-14-23(27)28-13-22(26)25-17-6-2-4-8-20(17)30-21-9-5-3-7-18(21)25/h2-12H,13-14H2,1H3. The third-order valence-electron chi connectivity index (χ3n) is 4.52. The van der Waals surface area contributed by atoms with Gasteiger partial charge in [-0.15, -0.1) is 11.8 Å². The first kappa shape index (κ1) is 21.0. The van der Waals surface area contributed by atoms with Crippen LogP contribution in [0.2, 0.25) is 0 Å². The molecule has 0 aliphatic carbocycles. The quantitative estimate of drug-likeness (QED) is 0.307. The Balaban J connectivity index is 1.42. The lowest BCUT2D eigenvalue weighted by molar-refractivity contribution is -0.144. The van der Waals surface area contributed by atoms with Crippen LogP contribution in [0.1, 0.15) is 5.56 Å². The van der Waals surface area contributed by atoms with Crippen molar-refractivity contribution in [3.05, 3.63) is 76.8 Å². The highest BCUT2D eigenvalue weighted by molar-refractivity contribution is 9.10. The van der Waals surface area contributed by atoms with E-state index in [2.05, 4.69) is 15.9 Å². The van der Waals surface area contributed by atoms with E-state index in [1.165, 1.54) is 11.8 Å². The Kier molecular flexibility index (Phi) is 6.51. The van der Waals surface area contributed by atoms with E-state index < -0.39 is 5.97 Å². The lowest BCUT2D eigenvalue weighted by Gasteiger charge is -2.30. The maximum absolute atomic E-state index is 13.0. The number of fused-ring (bicyclic) bond motifs is 2. The Hall–Kier alpha value is -2.22. The van der Waals surface area contributed by atoms with Gasteiger partial charge in [-0.05, 0) is 55.0 Å². The van der Waals surface area contributed by atoms with E-state index in [9.17, 15) is 9.59 Å². The number of rotatable bonds is 5. The molecule has 4 rings (SSSR count). The minimum Gasteiger partial charge on any atom is -0.455 e. The summed E-state index contributed by atoms with van der Waals surface area (Å²) in [6.45, 7) is 1.69. The molecule has 0 N–H and O–H groups in total. The average molecular weight is 500 g/mol. The summed E-state index contributed by atoms with van der Waals surface area (Å²) in [6, 6.07) is 21.4. The molecule has 7 heteroatoms. The Labute approximate surface area is 192 Å². The number of hydrogen-bond donors (Lipinski definition) is 0. The number of hydrogen-bond acceptors (Lipinski definition) is 5. The van der Waals surface area contributed by atoms with Gasteiger partial charge in [-0.1, -0.05) is 52.0 Å². The van der Waals surface area contributed by atoms with Gasteiger partial charge in [-0.25, -0.2) is 0 Å². The molecule has 1 heterocycles. The zero-order valence-corrected chi connectivity index (χ0v) is 19.4.